The molecule has 0 saturated heterocycles. The molecular formula is C14H26O. The summed E-state index contributed by atoms with van der Waals surface area (Å²) in [4.78, 5) is 11.7. The van der Waals surface area contributed by atoms with Crippen LogP contribution in [0.4, 0.5) is 0 Å². The molecule has 0 aromatic carbocycles. The van der Waals surface area contributed by atoms with Gasteiger partial charge in [0, 0.05) is 11.8 Å². The van der Waals surface area contributed by atoms with Gasteiger partial charge in [-0.2, -0.15) is 0 Å². The van der Waals surface area contributed by atoms with E-state index in [1.807, 2.05) is 0 Å². The average molecular weight is 210 g/mol. The molecule has 1 atom stereocenters. The Morgan fingerprint density at radius 3 is 2.40 bits per heavy atom. The normalized spacial score (nSPS) is 26.1. The molecule has 0 aliphatic heterocycles. The summed E-state index contributed by atoms with van der Waals surface area (Å²) in [5.41, 5.74) is 0.0603. The molecule has 0 radical (unpaired) electrons. The van der Waals surface area contributed by atoms with Crippen LogP contribution in [0, 0.1) is 5.41 Å². The van der Waals surface area contributed by atoms with Gasteiger partial charge in [-0.25, -0.2) is 0 Å². The number of hydrogen-bond acceptors (Lipinski definition) is 1. The molecule has 1 nitrogen and oxygen atoms in total. The largest absolute Gasteiger partial charge is 0.299 e. The summed E-state index contributed by atoms with van der Waals surface area (Å²) >= 11 is 0. The maximum Gasteiger partial charge on any atom is 0.138 e. The molecule has 0 heterocycles. The Balaban J connectivity index is 2.06. The van der Waals surface area contributed by atoms with Gasteiger partial charge in [-0.05, 0) is 19.3 Å². The minimum absolute atomic E-state index is 0.0603. The Kier molecular flexibility index (Phi) is 5.35. The van der Waals surface area contributed by atoms with Crippen molar-refractivity contribution >= 4 is 5.78 Å². The van der Waals surface area contributed by atoms with Crippen molar-refractivity contribution in [1.29, 1.82) is 0 Å². The van der Waals surface area contributed by atoms with Crippen molar-refractivity contribution in [3.63, 3.8) is 0 Å². The van der Waals surface area contributed by atoms with E-state index < -0.39 is 0 Å². The lowest BCUT2D eigenvalue weighted by Gasteiger charge is -2.21. The number of ketones is 1. The monoisotopic (exact) mass is 210 g/mol. The van der Waals surface area contributed by atoms with Gasteiger partial charge in [0.25, 0.3) is 0 Å². The summed E-state index contributed by atoms with van der Waals surface area (Å²) in [7, 11) is 0. The van der Waals surface area contributed by atoms with Gasteiger partial charge in [0.2, 0.25) is 0 Å². The van der Waals surface area contributed by atoms with Crippen molar-refractivity contribution < 1.29 is 4.79 Å². The summed E-state index contributed by atoms with van der Waals surface area (Å²) in [5, 5.41) is 0. The summed E-state index contributed by atoms with van der Waals surface area (Å²) in [6.45, 7) is 4.42. The maximum absolute atomic E-state index is 11.7. The van der Waals surface area contributed by atoms with Crippen molar-refractivity contribution in [1.82, 2.24) is 0 Å². The Hall–Kier alpha value is -0.330. The smallest absolute Gasteiger partial charge is 0.138 e. The van der Waals surface area contributed by atoms with Crippen molar-refractivity contribution in [3.8, 4) is 0 Å². The van der Waals surface area contributed by atoms with E-state index in [2.05, 4.69) is 13.8 Å². The van der Waals surface area contributed by atoms with Gasteiger partial charge >= 0.3 is 0 Å². The number of hydrogen-bond donors (Lipinski definition) is 0. The van der Waals surface area contributed by atoms with Gasteiger partial charge in [-0.15, -0.1) is 0 Å². The number of carbonyl (C=O) groups is 1. The number of unbranched alkanes of at least 4 members (excludes halogenated alkanes) is 5. The Bertz CT molecular complexity index is 198. The highest BCUT2D eigenvalue weighted by molar-refractivity contribution is 5.86. The van der Waals surface area contributed by atoms with Gasteiger partial charge in [0.05, 0.1) is 0 Å². The number of Topliss-reactive ketones (excluding diaryl/α,β-unsaturated/α-hetero) is 1. The topological polar surface area (TPSA) is 17.1 Å². The van der Waals surface area contributed by atoms with E-state index in [-0.39, 0.29) is 5.41 Å². The first-order valence-corrected chi connectivity index (χ1v) is 6.72. The number of rotatable bonds is 7. The third-order valence-electron chi connectivity index (χ3n) is 3.89. The highest BCUT2D eigenvalue weighted by Crippen LogP contribution is 2.38. The van der Waals surface area contributed by atoms with Gasteiger partial charge in [0.15, 0.2) is 0 Å². The molecule has 0 N–H and O–H groups in total. The zero-order valence-corrected chi connectivity index (χ0v) is 10.5. The SMILES string of the molecule is CCCCCCCCC1(C)CCCC1=O. The molecule has 88 valence electrons. The number of carbonyl (C=O) groups excluding carboxylic acids is 1. The minimum Gasteiger partial charge on any atom is -0.299 e. The maximum atomic E-state index is 11.7. The molecule has 1 heteroatoms. The first kappa shape index (κ1) is 12.7. The van der Waals surface area contributed by atoms with E-state index in [0.717, 1.165) is 25.7 Å². The molecule has 1 fully saturated rings. The third kappa shape index (κ3) is 3.96. The minimum atomic E-state index is 0.0603. The van der Waals surface area contributed by atoms with E-state index >= 15 is 0 Å². The second-order valence-corrected chi connectivity index (χ2v) is 5.36. The standard InChI is InChI=1S/C14H26O/c1-3-4-5-6-7-8-11-14(2)12-9-10-13(14)15/h3-12H2,1-2H3. The summed E-state index contributed by atoms with van der Waals surface area (Å²) in [6, 6.07) is 0. The molecule has 0 spiro atoms. The Labute approximate surface area is 94.6 Å². The van der Waals surface area contributed by atoms with Crippen molar-refractivity contribution in [2.75, 3.05) is 0 Å². The Morgan fingerprint density at radius 1 is 1.13 bits per heavy atom. The van der Waals surface area contributed by atoms with Crippen molar-refractivity contribution in [3.05, 3.63) is 0 Å². The predicted molar refractivity (Wildman–Crippen MR) is 65.0 cm³/mol. The average Bonchev–Trinajstić information content (AvgIpc) is 2.54. The van der Waals surface area contributed by atoms with Crippen LogP contribution in [0.3, 0.4) is 0 Å². The van der Waals surface area contributed by atoms with Gasteiger partial charge in [-0.1, -0.05) is 52.4 Å². The highest BCUT2D eigenvalue weighted by atomic mass is 16.1. The fourth-order valence-corrected chi connectivity index (χ4v) is 2.64. The van der Waals surface area contributed by atoms with Crippen LogP contribution < -0.4 is 0 Å². The zero-order chi connectivity index (χ0) is 11.1. The first-order chi connectivity index (χ1) is 7.19. The fourth-order valence-electron chi connectivity index (χ4n) is 2.64. The van der Waals surface area contributed by atoms with Crippen LogP contribution in [0.15, 0.2) is 0 Å². The molecule has 1 aliphatic rings. The summed E-state index contributed by atoms with van der Waals surface area (Å²) in [5.74, 6) is 0.524. The predicted octanol–water partition coefficient (Wildman–Crippen LogP) is 4.50. The van der Waals surface area contributed by atoms with E-state index in [1.54, 1.807) is 0 Å². The van der Waals surface area contributed by atoms with Crippen molar-refractivity contribution in [2.24, 2.45) is 5.41 Å². The lowest BCUT2D eigenvalue weighted by atomic mass is 9.82. The fraction of sp³-hybridized carbons (Fsp3) is 0.929. The van der Waals surface area contributed by atoms with Crippen LogP contribution in [-0.2, 0) is 4.79 Å². The molecular weight excluding hydrogens is 184 g/mol. The van der Waals surface area contributed by atoms with Crippen LogP contribution in [0.2, 0.25) is 0 Å². The third-order valence-corrected chi connectivity index (χ3v) is 3.89. The van der Waals surface area contributed by atoms with Crippen LogP contribution >= 0.6 is 0 Å². The van der Waals surface area contributed by atoms with Crippen LogP contribution in [-0.4, -0.2) is 5.78 Å². The molecule has 15 heavy (non-hydrogen) atoms. The van der Waals surface area contributed by atoms with Gasteiger partial charge < -0.3 is 0 Å². The zero-order valence-electron chi connectivity index (χ0n) is 10.5. The molecule has 1 rings (SSSR count). The molecule has 1 saturated carbocycles. The highest BCUT2D eigenvalue weighted by Gasteiger charge is 2.36. The van der Waals surface area contributed by atoms with E-state index in [4.69, 9.17) is 0 Å². The molecule has 1 aliphatic carbocycles. The second-order valence-electron chi connectivity index (χ2n) is 5.36. The van der Waals surface area contributed by atoms with Gasteiger partial charge in [-0.3, -0.25) is 4.79 Å². The Morgan fingerprint density at radius 2 is 1.80 bits per heavy atom. The lowest BCUT2D eigenvalue weighted by molar-refractivity contribution is -0.125. The van der Waals surface area contributed by atoms with Crippen LogP contribution in [0.25, 0.3) is 0 Å². The quantitative estimate of drug-likeness (QED) is 0.566. The van der Waals surface area contributed by atoms with Crippen molar-refractivity contribution in [2.45, 2.75) is 78.1 Å². The molecule has 0 aromatic heterocycles. The first-order valence-electron chi connectivity index (χ1n) is 6.72. The second kappa shape index (κ2) is 6.30. The lowest BCUT2D eigenvalue weighted by Crippen LogP contribution is -2.21. The van der Waals surface area contributed by atoms with E-state index in [9.17, 15) is 4.79 Å². The molecule has 0 bridgehead atoms. The summed E-state index contributed by atoms with van der Waals surface area (Å²) < 4.78 is 0. The van der Waals surface area contributed by atoms with E-state index in [0.29, 0.717) is 5.78 Å². The molecule has 0 amide bonds. The van der Waals surface area contributed by atoms with Crippen LogP contribution in [0.5, 0.6) is 0 Å². The van der Waals surface area contributed by atoms with E-state index in [1.165, 1.54) is 38.5 Å². The van der Waals surface area contributed by atoms with Crippen LogP contribution in [0.1, 0.15) is 78.1 Å². The molecule has 1 unspecified atom stereocenters. The summed E-state index contributed by atoms with van der Waals surface area (Å²) in [6.07, 6.45) is 12.2. The molecule has 0 aromatic rings. The van der Waals surface area contributed by atoms with Gasteiger partial charge in [0.1, 0.15) is 5.78 Å².